The number of nitrogens with zero attached hydrogens (tertiary/aromatic N) is 2. The summed E-state index contributed by atoms with van der Waals surface area (Å²) < 4.78 is 2.21. The fraction of sp³-hybridized carbons (Fsp3) is 0.467. The summed E-state index contributed by atoms with van der Waals surface area (Å²) in [6.07, 6.45) is 4.82. The van der Waals surface area contributed by atoms with Gasteiger partial charge in [0.2, 0.25) is 0 Å². The lowest BCUT2D eigenvalue weighted by atomic mass is 9.89. The largest absolute Gasteiger partial charge is 0.399 e. The summed E-state index contributed by atoms with van der Waals surface area (Å²) in [4.78, 5) is 2.42. The van der Waals surface area contributed by atoms with Gasteiger partial charge in [0, 0.05) is 24.3 Å². The minimum atomic E-state index is 0.702. The summed E-state index contributed by atoms with van der Waals surface area (Å²) in [6.45, 7) is 2.41. The summed E-state index contributed by atoms with van der Waals surface area (Å²) in [5.41, 5.74) is 9.48. The molecule has 2 N–H and O–H groups in total. The van der Waals surface area contributed by atoms with Crippen LogP contribution in [0, 0.1) is 0 Å². The van der Waals surface area contributed by atoms with E-state index in [-0.39, 0.29) is 0 Å². The lowest BCUT2D eigenvalue weighted by Gasteiger charge is -2.28. The van der Waals surface area contributed by atoms with Gasteiger partial charge in [0.25, 0.3) is 0 Å². The molecule has 0 atom stereocenters. The van der Waals surface area contributed by atoms with Crippen molar-refractivity contribution >= 4 is 16.6 Å². The summed E-state index contributed by atoms with van der Waals surface area (Å²) in [5, 5.41) is 1.38. The standard InChI is InChI=1S/C15H21N3/c1-17-7-5-11(6-8-17)14-10-18(2)15-9-12(16)3-4-13(14)15/h3-4,9-11H,5-8,16H2,1-2H3. The normalized spacial score (nSPS) is 18.6. The van der Waals surface area contributed by atoms with Crippen molar-refractivity contribution in [3.8, 4) is 0 Å². The van der Waals surface area contributed by atoms with Gasteiger partial charge in [0.1, 0.15) is 0 Å². The van der Waals surface area contributed by atoms with E-state index < -0.39 is 0 Å². The van der Waals surface area contributed by atoms with Crippen molar-refractivity contribution in [1.29, 1.82) is 0 Å². The number of benzene rings is 1. The molecule has 0 aliphatic carbocycles. The Hall–Kier alpha value is -1.48. The zero-order valence-electron chi connectivity index (χ0n) is 11.2. The van der Waals surface area contributed by atoms with Crippen LogP contribution in [0.2, 0.25) is 0 Å². The van der Waals surface area contributed by atoms with Crippen LogP contribution in [0.1, 0.15) is 24.3 Å². The van der Waals surface area contributed by atoms with E-state index in [1.165, 1.54) is 42.4 Å². The van der Waals surface area contributed by atoms with Gasteiger partial charge in [-0.15, -0.1) is 0 Å². The second-order valence-corrected chi connectivity index (χ2v) is 5.55. The molecule has 1 aliphatic heterocycles. The molecule has 0 spiro atoms. The number of hydrogen-bond donors (Lipinski definition) is 1. The molecule has 2 aromatic rings. The molecular weight excluding hydrogens is 222 g/mol. The molecule has 18 heavy (non-hydrogen) atoms. The summed E-state index contributed by atoms with van der Waals surface area (Å²) >= 11 is 0. The first-order chi connectivity index (χ1) is 8.65. The number of piperidine rings is 1. The highest BCUT2D eigenvalue weighted by Crippen LogP contribution is 2.34. The predicted octanol–water partition coefficient (Wildman–Crippen LogP) is 2.57. The molecule has 0 saturated carbocycles. The van der Waals surface area contributed by atoms with Crippen LogP contribution in [0.4, 0.5) is 5.69 Å². The monoisotopic (exact) mass is 243 g/mol. The Morgan fingerprint density at radius 1 is 1.17 bits per heavy atom. The Balaban J connectivity index is 2.02. The van der Waals surface area contributed by atoms with Gasteiger partial charge >= 0.3 is 0 Å². The maximum atomic E-state index is 5.88. The maximum absolute atomic E-state index is 5.88. The first-order valence-electron chi connectivity index (χ1n) is 6.68. The van der Waals surface area contributed by atoms with Gasteiger partial charge in [-0.1, -0.05) is 6.07 Å². The summed E-state index contributed by atoms with van der Waals surface area (Å²) in [5.74, 6) is 0.702. The van der Waals surface area contributed by atoms with E-state index in [0.717, 1.165) is 5.69 Å². The molecule has 2 heterocycles. The van der Waals surface area contributed by atoms with E-state index in [0.29, 0.717) is 5.92 Å². The third-order valence-electron chi connectivity index (χ3n) is 4.20. The molecule has 0 bridgehead atoms. The molecule has 96 valence electrons. The molecule has 1 aromatic carbocycles. The smallest absolute Gasteiger partial charge is 0.0501 e. The quantitative estimate of drug-likeness (QED) is 0.781. The Labute approximate surface area is 108 Å². The Bertz CT molecular complexity index is 562. The van der Waals surface area contributed by atoms with Gasteiger partial charge in [-0.25, -0.2) is 0 Å². The number of aromatic nitrogens is 1. The third kappa shape index (κ3) is 1.89. The van der Waals surface area contributed by atoms with Gasteiger partial charge in [-0.3, -0.25) is 0 Å². The maximum Gasteiger partial charge on any atom is 0.0501 e. The molecule has 0 unspecified atom stereocenters. The minimum Gasteiger partial charge on any atom is -0.399 e. The zero-order valence-corrected chi connectivity index (χ0v) is 11.2. The van der Waals surface area contributed by atoms with Crippen molar-refractivity contribution in [2.45, 2.75) is 18.8 Å². The van der Waals surface area contributed by atoms with Crippen molar-refractivity contribution < 1.29 is 0 Å². The van der Waals surface area contributed by atoms with Gasteiger partial charge in [0.05, 0.1) is 5.52 Å². The molecular formula is C15H21N3. The van der Waals surface area contributed by atoms with E-state index in [1.54, 1.807) is 0 Å². The highest BCUT2D eigenvalue weighted by Gasteiger charge is 2.21. The number of anilines is 1. The average Bonchev–Trinajstić information content (AvgIpc) is 2.68. The van der Waals surface area contributed by atoms with E-state index in [4.69, 9.17) is 5.73 Å². The molecule has 3 heteroatoms. The molecule has 1 aliphatic rings. The lowest BCUT2D eigenvalue weighted by Crippen LogP contribution is -2.29. The SMILES string of the molecule is CN1CCC(c2cn(C)c3cc(N)ccc23)CC1. The minimum absolute atomic E-state index is 0.702. The van der Waals surface area contributed by atoms with Crippen LogP contribution >= 0.6 is 0 Å². The lowest BCUT2D eigenvalue weighted by molar-refractivity contribution is 0.256. The van der Waals surface area contributed by atoms with Gasteiger partial charge < -0.3 is 15.2 Å². The first kappa shape index (κ1) is 11.6. The second-order valence-electron chi connectivity index (χ2n) is 5.55. The van der Waals surface area contributed by atoms with Crippen molar-refractivity contribution in [2.75, 3.05) is 25.9 Å². The van der Waals surface area contributed by atoms with E-state index in [9.17, 15) is 0 Å². The van der Waals surface area contributed by atoms with Gasteiger partial charge in [-0.05, 0) is 56.6 Å². The fourth-order valence-corrected chi connectivity index (χ4v) is 3.08. The van der Waals surface area contributed by atoms with Crippen molar-refractivity contribution in [3.63, 3.8) is 0 Å². The van der Waals surface area contributed by atoms with Crippen LogP contribution in [-0.4, -0.2) is 29.6 Å². The van der Waals surface area contributed by atoms with E-state index in [2.05, 4.69) is 41.9 Å². The van der Waals surface area contributed by atoms with Gasteiger partial charge in [0.15, 0.2) is 0 Å². The number of nitrogen functional groups attached to an aromatic ring is 1. The first-order valence-corrected chi connectivity index (χ1v) is 6.68. The molecule has 3 nitrogen and oxygen atoms in total. The molecule has 0 radical (unpaired) electrons. The Morgan fingerprint density at radius 3 is 2.61 bits per heavy atom. The number of aryl methyl sites for hydroxylation is 1. The summed E-state index contributed by atoms with van der Waals surface area (Å²) in [7, 11) is 4.32. The summed E-state index contributed by atoms with van der Waals surface area (Å²) in [6, 6.07) is 6.27. The Kier molecular flexibility index (Phi) is 2.78. The third-order valence-corrected chi connectivity index (χ3v) is 4.20. The molecule has 0 amide bonds. The van der Waals surface area contributed by atoms with Crippen molar-refractivity contribution in [1.82, 2.24) is 9.47 Å². The number of likely N-dealkylation sites (tertiary alicyclic amines) is 1. The highest BCUT2D eigenvalue weighted by atomic mass is 15.1. The van der Waals surface area contributed by atoms with Crippen LogP contribution in [0.3, 0.4) is 0 Å². The van der Waals surface area contributed by atoms with E-state index >= 15 is 0 Å². The average molecular weight is 243 g/mol. The van der Waals surface area contributed by atoms with Crippen LogP contribution in [0.5, 0.6) is 0 Å². The van der Waals surface area contributed by atoms with Gasteiger partial charge in [-0.2, -0.15) is 0 Å². The number of fused-ring (bicyclic) bond motifs is 1. The zero-order chi connectivity index (χ0) is 12.7. The number of hydrogen-bond acceptors (Lipinski definition) is 2. The highest BCUT2D eigenvalue weighted by molar-refractivity contribution is 5.87. The number of nitrogens with two attached hydrogens (primary N) is 1. The molecule has 1 fully saturated rings. The second kappa shape index (κ2) is 4.32. The van der Waals surface area contributed by atoms with Crippen molar-refractivity contribution in [2.24, 2.45) is 7.05 Å². The van der Waals surface area contributed by atoms with Crippen molar-refractivity contribution in [3.05, 3.63) is 30.0 Å². The van der Waals surface area contributed by atoms with Crippen LogP contribution < -0.4 is 5.73 Å². The Morgan fingerprint density at radius 2 is 1.89 bits per heavy atom. The predicted molar refractivity (Wildman–Crippen MR) is 76.8 cm³/mol. The van der Waals surface area contributed by atoms with Crippen LogP contribution in [-0.2, 0) is 7.05 Å². The topological polar surface area (TPSA) is 34.2 Å². The number of rotatable bonds is 1. The fourth-order valence-electron chi connectivity index (χ4n) is 3.08. The van der Waals surface area contributed by atoms with Crippen LogP contribution in [0.15, 0.2) is 24.4 Å². The molecule has 3 rings (SSSR count). The molecule has 1 aromatic heterocycles. The van der Waals surface area contributed by atoms with Crippen LogP contribution in [0.25, 0.3) is 10.9 Å². The van der Waals surface area contributed by atoms with E-state index in [1.807, 2.05) is 6.07 Å². The molecule has 1 saturated heterocycles.